The Labute approximate surface area is 116 Å². The minimum Gasteiger partial charge on any atom is -0.478 e. The molecule has 0 fully saturated rings. The maximum Gasteiger partial charge on any atom is 0.336 e. The van der Waals surface area contributed by atoms with Gasteiger partial charge in [0.25, 0.3) is 0 Å². The summed E-state index contributed by atoms with van der Waals surface area (Å²) < 4.78 is 4.10. The maximum absolute atomic E-state index is 11.2. The van der Waals surface area contributed by atoms with Gasteiger partial charge in [-0.2, -0.15) is 0 Å². The molecule has 0 aliphatic carbocycles. The number of fused-ring (bicyclic) bond motifs is 1. The third-order valence-corrected chi connectivity index (χ3v) is 3.50. The zero-order chi connectivity index (χ0) is 14.1. The summed E-state index contributed by atoms with van der Waals surface area (Å²) in [4.78, 5) is 15.6. The second kappa shape index (κ2) is 4.85. The van der Waals surface area contributed by atoms with E-state index in [1.165, 1.54) is 0 Å². The fourth-order valence-corrected chi connectivity index (χ4v) is 2.48. The molecule has 1 aromatic carbocycles. The number of carbonyl (C=O) groups is 1. The average molecular weight is 269 g/mol. The van der Waals surface area contributed by atoms with Crippen LogP contribution < -0.4 is 0 Å². The van der Waals surface area contributed by atoms with Crippen LogP contribution in [0.3, 0.4) is 0 Å². The van der Waals surface area contributed by atoms with Gasteiger partial charge in [0.2, 0.25) is 0 Å². The Morgan fingerprint density at radius 1 is 1.25 bits per heavy atom. The summed E-state index contributed by atoms with van der Waals surface area (Å²) >= 11 is 0. The largest absolute Gasteiger partial charge is 0.478 e. The molecule has 5 heteroatoms. The number of carboxylic acid groups (broad SMARTS) is 1. The number of hydrogen-bond donors (Lipinski definition) is 1. The highest BCUT2D eigenvalue weighted by molar-refractivity contribution is 6.02. The summed E-state index contributed by atoms with van der Waals surface area (Å²) in [5, 5.41) is 9.96. The molecule has 3 aromatic rings. The van der Waals surface area contributed by atoms with Crippen molar-refractivity contribution >= 4 is 16.9 Å². The molecule has 0 amide bonds. The zero-order valence-corrected chi connectivity index (χ0v) is 11.2. The first-order chi connectivity index (χ1) is 9.70. The number of aromatic nitrogens is 3. The lowest BCUT2D eigenvalue weighted by atomic mass is 10.1. The lowest BCUT2D eigenvalue weighted by Crippen LogP contribution is -2.06. The number of aromatic carboxylic acids is 1. The van der Waals surface area contributed by atoms with Crippen molar-refractivity contribution in [1.29, 1.82) is 0 Å². The van der Waals surface area contributed by atoms with Crippen molar-refractivity contribution in [1.82, 2.24) is 14.1 Å². The third-order valence-electron chi connectivity index (χ3n) is 3.50. The molecule has 2 heterocycles. The molecule has 2 aromatic heterocycles. The molecule has 102 valence electrons. The van der Waals surface area contributed by atoms with Gasteiger partial charge in [0.1, 0.15) is 5.82 Å². The standard InChI is InChI=1S/C15H15N3O2/c1-2-17-9-7-16-14(17)10-18-8-6-11-12(15(19)20)4-3-5-13(11)18/h3-9H,2,10H2,1H3,(H,19,20). The second-order valence-corrected chi connectivity index (χ2v) is 4.62. The van der Waals surface area contributed by atoms with Gasteiger partial charge >= 0.3 is 5.97 Å². The van der Waals surface area contributed by atoms with E-state index in [2.05, 4.69) is 16.5 Å². The van der Waals surface area contributed by atoms with Crippen molar-refractivity contribution in [3.63, 3.8) is 0 Å². The highest BCUT2D eigenvalue weighted by atomic mass is 16.4. The van der Waals surface area contributed by atoms with E-state index in [1.54, 1.807) is 18.3 Å². The number of rotatable bonds is 4. The minimum absolute atomic E-state index is 0.333. The van der Waals surface area contributed by atoms with Gasteiger partial charge in [0.05, 0.1) is 12.1 Å². The smallest absolute Gasteiger partial charge is 0.336 e. The van der Waals surface area contributed by atoms with E-state index < -0.39 is 5.97 Å². The van der Waals surface area contributed by atoms with Gasteiger partial charge in [-0.25, -0.2) is 9.78 Å². The monoisotopic (exact) mass is 269 g/mol. The van der Waals surface area contributed by atoms with E-state index >= 15 is 0 Å². The Morgan fingerprint density at radius 2 is 2.10 bits per heavy atom. The molecule has 0 aliphatic rings. The van der Waals surface area contributed by atoms with Gasteiger partial charge < -0.3 is 14.2 Å². The van der Waals surface area contributed by atoms with Crippen molar-refractivity contribution < 1.29 is 9.90 Å². The highest BCUT2D eigenvalue weighted by Crippen LogP contribution is 2.21. The molecule has 0 aliphatic heterocycles. The van der Waals surface area contributed by atoms with Crippen LogP contribution in [0.2, 0.25) is 0 Å². The topological polar surface area (TPSA) is 60.0 Å². The van der Waals surface area contributed by atoms with Crippen molar-refractivity contribution in [3.8, 4) is 0 Å². The van der Waals surface area contributed by atoms with E-state index in [-0.39, 0.29) is 0 Å². The average Bonchev–Trinajstić information content (AvgIpc) is 3.06. The van der Waals surface area contributed by atoms with Crippen molar-refractivity contribution in [2.45, 2.75) is 20.0 Å². The first-order valence-corrected chi connectivity index (χ1v) is 6.52. The van der Waals surface area contributed by atoms with E-state index in [9.17, 15) is 9.90 Å². The fraction of sp³-hybridized carbons (Fsp3) is 0.200. The molecule has 0 atom stereocenters. The summed E-state index contributed by atoms with van der Waals surface area (Å²) in [7, 11) is 0. The molecule has 5 nitrogen and oxygen atoms in total. The number of imidazole rings is 1. The molecule has 0 unspecified atom stereocenters. The molecular formula is C15H15N3O2. The van der Waals surface area contributed by atoms with Gasteiger partial charge in [-0.05, 0) is 25.1 Å². The van der Waals surface area contributed by atoms with Crippen LogP contribution in [-0.2, 0) is 13.1 Å². The van der Waals surface area contributed by atoms with Crippen LogP contribution in [0.1, 0.15) is 23.1 Å². The van der Waals surface area contributed by atoms with Gasteiger partial charge in [0, 0.05) is 36.0 Å². The molecule has 20 heavy (non-hydrogen) atoms. The quantitative estimate of drug-likeness (QED) is 0.792. The summed E-state index contributed by atoms with van der Waals surface area (Å²) in [6.45, 7) is 3.57. The second-order valence-electron chi connectivity index (χ2n) is 4.62. The van der Waals surface area contributed by atoms with Crippen LogP contribution in [-0.4, -0.2) is 25.2 Å². The van der Waals surface area contributed by atoms with Crippen LogP contribution in [0.4, 0.5) is 0 Å². The van der Waals surface area contributed by atoms with Crippen molar-refractivity contribution in [2.75, 3.05) is 0 Å². The minimum atomic E-state index is -0.900. The highest BCUT2D eigenvalue weighted by Gasteiger charge is 2.11. The van der Waals surface area contributed by atoms with E-state index in [1.807, 2.05) is 29.1 Å². The van der Waals surface area contributed by atoms with Crippen LogP contribution in [0.15, 0.2) is 42.9 Å². The van der Waals surface area contributed by atoms with Crippen LogP contribution in [0.25, 0.3) is 10.9 Å². The Kier molecular flexibility index (Phi) is 3.02. The predicted molar refractivity (Wildman–Crippen MR) is 75.9 cm³/mol. The fourth-order valence-electron chi connectivity index (χ4n) is 2.48. The Hall–Kier alpha value is -2.56. The number of aryl methyl sites for hydroxylation is 1. The summed E-state index contributed by atoms with van der Waals surface area (Å²) in [5.41, 5.74) is 1.25. The number of nitrogens with zero attached hydrogens (tertiary/aromatic N) is 3. The number of hydrogen-bond acceptors (Lipinski definition) is 2. The molecule has 0 radical (unpaired) electrons. The van der Waals surface area contributed by atoms with Crippen LogP contribution in [0, 0.1) is 0 Å². The van der Waals surface area contributed by atoms with Gasteiger partial charge in [0.15, 0.2) is 0 Å². The van der Waals surface area contributed by atoms with Crippen LogP contribution >= 0.6 is 0 Å². The van der Waals surface area contributed by atoms with Gasteiger partial charge in [-0.1, -0.05) is 6.07 Å². The maximum atomic E-state index is 11.2. The summed E-state index contributed by atoms with van der Waals surface area (Å²) in [5.74, 6) is 0.0640. The lowest BCUT2D eigenvalue weighted by molar-refractivity contribution is 0.0699. The summed E-state index contributed by atoms with van der Waals surface area (Å²) in [6.07, 6.45) is 5.64. The molecule has 0 spiro atoms. The predicted octanol–water partition coefficient (Wildman–Crippen LogP) is 2.60. The molecule has 0 bridgehead atoms. The number of benzene rings is 1. The van der Waals surface area contributed by atoms with Crippen LogP contribution in [0.5, 0.6) is 0 Å². The van der Waals surface area contributed by atoms with Gasteiger partial charge in [-0.15, -0.1) is 0 Å². The molecule has 3 rings (SSSR count). The van der Waals surface area contributed by atoms with Crippen molar-refractivity contribution in [3.05, 3.63) is 54.2 Å². The first-order valence-electron chi connectivity index (χ1n) is 6.52. The number of carboxylic acids is 1. The third kappa shape index (κ3) is 1.97. The first kappa shape index (κ1) is 12.5. The van der Waals surface area contributed by atoms with E-state index in [0.717, 1.165) is 23.3 Å². The molecule has 1 N–H and O–H groups in total. The Bertz CT molecular complexity index is 770. The Balaban J connectivity index is 2.05. The van der Waals surface area contributed by atoms with Gasteiger partial charge in [-0.3, -0.25) is 0 Å². The molecule has 0 saturated heterocycles. The molecular weight excluding hydrogens is 254 g/mol. The van der Waals surface area contributed by atoms with E-state index in [4.69, 9.17) is 0 Å². The SMILES string of the molecule is CCn1ccnc1Cn1ccc2c(C(=O)O)cccc21. The van der Waals surface area contributed by atoms with Crippen molar-refractivity contribution in [2.24, 2.45) is 0 Å². The lowest BCUT2D eigenvalue weighted by Gasteiger charge is -2.08. The normalized spacial score (nSPS) is 11.1. The zero-order valence-electron chi connectivity index (χ0n) is 11.2. The summed E-state index contributed by atoms with van der Waals surface area (Å²) in [6, 6.07) is 7.18. The molecule has 0 saturated carbocycles. The van der Waals surface area contributed by atoms with E-state index in [0.29, 0.717) is 12.1 Å². The Morgan fingerprint density at radius 3 is 2.85 bits per heavy atom.